The lowest BCUT2D eigenvalue weighted by atomic mass is 10.1. The number of fused-ring (bicyclic) bond motifs is 1. The quantitative estimate of drug-likeness (QED) is 0.329. The molecule has 2 aromatic carbocycles. The average molecular weight is 379 g/mol. The van der Waals surface area contributed by atoms with Crippen molar-refractivity contribution in [1.82, 2.24) is 0 Å². The highest BCUT2D eigenvalue weighted by atomic mass is 16.6. The fraction of sp³-hybridized carbons (Fsp3) is 0.105. The first-order valence-electron chi connectivity index (χ1n) is 8.14. The number of methoxy groups -OCH3 is 1. The van der Waals surface area contributed by atoms with Crippen LogP contribution in [0.25, 0.3) is 0 Å². The van der Waals surface area contributed by atoms with E-state index in [9.17, 15) is 20.0 Å². The van der Waals surface area contributed by atoms with Crippen LogP contribution >= 0.6 is 0 Å². The molecular formula is C19H15N4O5-. The molecule has 0 fully saturated rings. The van der Waals surface area contributed by atoms with E-state index in [2.05, 4.69) is 16.8 Å². The summed E-state index contributed by atoms with van der Waals surface area (Å²) in [6.45, 7) is 3.97. The predicted molar refractivity (Wildman–Crippen MR) is 102 cm³/mol. The third-order valence-corrected chi connectivity index (χ3v) is 4.05. The lowest BCUT2D eigenvalue weighted by Crippen LogP contribution is -2.30. The van der Waals surface area contributed by atoms with E-state index in [1.165, 1.54) is 24.3 Å². The van der Waals surface area contributed by atoms with Gasteiger partial charge >= 0.3 is 0 Å². The van der Waals surface area contributed by atoms with Gasteiger partial charge in [-0.15, -0.1) is 11.7 Å². The molecule has 0 saturated heterocycles. The Bertz CT molecular complexity index is 1030. The molecule has 1 amide bonds. The Morgan fingerprint density at radius 2 is 2.07 bits per heavy atom. The predicted octanol–water partition coefficient (Wildman–Crippen LogP) is 2.03. The maximum Gasteiger partial charge on any atom is 0.279 e. The number of nitrogens with zero attached hydrogens (tertiary/aromatic N) is 4. The highest BCUT2D eigenvalue weighted by molar-refractivity contribution is 6.54. The second-order valence-corrected chi connectivity index (χ2v) is 5.74. The monoisotopic (exact) mass is 379 g/mol. The molecule has 2 aromatic rings. The van der Waals surface area contributed by atoms with Gasteiger partial charge in [0.2, 0.25) is 0 Å². The molecule has 142 valence electrons. The summed E-state index contributed by atoms with van der Waals surface area (Å²) in [6, 6.07) is 9.53. The Hall–Kier alpha value is -4.01. The first-order valence-corrected chi connectivity index (χ1v) is 8.14. The van der Waals surface area contributed by atoms with E-state index in [1.54, 1.807) is 24.3 Å². The largest absolute Gasteiger partial charge is 0.865 e. The van der Waals surface area contributed by atoms with Gasteiger partial charge < -0.3 is 14.7 Å². The van der Waals surface area contributed by atoms with Gasteiger partial charge in [0.25, 0.3) is 11.6 Å². The molecule has 0 unspecified atom stereocenters. The van der Waals surface area contributed by atoms with Gasteiger partial charge in [-0.1, -0.05) is 24.3 Å². The summed E-state index contributed by atoms with van der Waals surface area (Å²) in [5, 5.41) is 30.8. The smallest absolute Gasteiger partial charge is 0.279 e. The van der Waals surface area contributed by atoms with Crippen molar-refractivity contribution in [3.05, 3.63) is 70.3 Å². The molecule has 3 rings (SSSR count). The zero-order valence-electron chi connectivity index (χ0n) is 14.9. The molecule has 28 heavy (non-hydrogen) atoms. The molecule has 0 bridgehead atoms. The highest BCUT2D eigenvalue weighted by Crippen LogP contribution is 2.34. The number of nitro benzene ring substituents is 1. The molecule has 0 atom stereocenters. The number of amides is 1. The molecule has 0 saturated carbocycles. The van der Waals surface area contributed by atoms with E-state index in [0.717, 1.165) is 6.07 Å². The highest BCUT2D eigenvalue weighted by Gasteiger charge is 2.32. The second-order valence-electron chi connectivity index (χ2n) is 5.74. The van der Waals surface area contributed by atoms with Crippen molar-refractivity contribution >= 4 is 29.2 Å². The summed E-state index contributed by atoms with van der Waals surface area (Å²) < 4.78 is 4.88. The van der Waals surface area contributed by atoms with Crippen LogP contribution in [0.2, 0.25) is 0 Å². The minimum absolute atomic E-state index is 0.149. The molecule has 0 aliphatic carbocycles. The summed E-state index contributed by atoms with van der Waals surface area (Å²) in [4.78, 5) is 24.4. The van der Waals surface area contributed by atoms with Crippen LogP contribution in [0.4, 0.5) is 11.4 Å². The van der Waals surface area contributed by atoms with E-state index in [4.69, 9.17) is 4.74 Å². The first kappa shape index (κ1) is 18.8. The minimum atomic E-state index is -0.823. The van der Waals surface area contributed by atoms with Crippen molar-refractivity contribution in [2.24, 2.45) is 10.2 Å². The molecule has 1 aliphatic rings. The van der Waals surface area contributed by atoms with Gasteiger partial charge in [-0.25, -0.2) is 0 Å². The van der Waals surface area contributed by atoms with E-state index in [1.807, 2.05) is 6.07 Å². The van der Waals surface area contributed by atoms with Crippen molar-refractivity contribution in [2.45, 2.75) is 0 Å². The van der Waals surface area contributed by atoms with Crippen LogP contribution in [0, 0.1) is 10.1 Å². The SMILES string of the molecule is C=CCN1C(=O)/C(=N\N=C/c2cc(OC)c([O-])c([N+](=O)[O-])c2)c2ccccc21. The van der Waals surface area contributed by atoms with Gasteiger partial charge in [0.15, 0.2) is 5.71 Å². The Morgan fingerprint density at radius 1 is 1.32 bits per heavy atom. The number of carbonyl (C=O) groups is 1. The van der Waals surface area contributed by atoms with Crippen LogP contribution in [-0.2, 0) is 4.79 Å². The third kappa shape index (κ3) is 3.32. The van der Waals surface area contributed by atoms with E-state index >= 15 is 0 Å². The van der Waals surface area contributed by atoms with Crippen LogP contribution in [0.5, 0.6) is 11.5 Å². The summed E-state index contributed by atoms with van der Waals surface area (Å²) in [5.41, 5.74) is 1.09. The zero-order valence-corrected chi connectivity index (χ0v) is 14.9. The number of carbonyl (C=O) groups excluding carboxylic acids is 1. The molecule has 1 heterocycles. The Kier molecular flexibility index (Phi) is 5.16. The Morgan fingerprint density at radius 3 is 2.75 bits per heavy atom. The number of para-hydroxylation sites is 1. The summed E-state index contributed by atoms with van der Waals surface area (Å²) in [6.07, 6.45) is 2.82. The van der Waals surface area contributed by atoms with Crippen LogP contribution in [0.15, 0.2) is 59.3 Å². The molecule has 9 nitrogen and oxygen atoms in total. The summed E-state index contributed by atoms with van der Waals surface area (Å²) in [5.74, 6) is -1.32. The summed E-state index contributed by atoms with van der Waals surface area (Å²) >= 11 is 0. The summed E-state index contributed by atoms with van der Waals surface area (Å²) in [7, 11) is 1.24. The molecule has 0 spiro atoms. The fourth-order valence-electron chi connectivity index (χ4n) is 2.79. The number of benzene rings is 2. The molecule has 1 aliphatic heterocycles. The Balaban J connectivity index is 1.97. The zero-order chi connectivity index (χ0) is 20.3. The number of hydrogen-bond acceptors (Lipinski definition) is 7. The number of hydrogen-bond donors (Lipinski definition) is 0. The van der Waals surface area contributed by atoms with Crippen molar-refractivity contribution < 1.29 is 19.6 Å². The van der Waals surface area contributed by atoms with Crippen LogP contribution in [-0.4, -0.2) is 36.4 Å². The topological polar surface area (TPSA) is 120 Å². The van der Waals surface area contributed by atoms with Crippen molar-refractivity contribution in [1.29, 1.82) is 0 Å². The normalized spacial score (nSPS) is 14.5. The first-order chi connectivity index (χ1) is 13.5. The maximum absolute atomic E-state index is 12.6. The van der Waals surface area contributed by atoms with Gasteiger partial charge in [-0.3, -0.25) is 14.9 Å². The molecule has 0 aromatic heterocycles. The van der Waals surface area contributed by atoms with Crippen molar-refractivity contribution in [3.63, 3.8) is 0 Å². The Labute approximate surface area is 160 Å². The molecule has 9 heteroatoms. The molecule has 0 N–H and O–H groups in total. The van der Waals surface area contributed by atoms with Crippen LogP contribution in [0.1, 0.15) is 11.1 Å². The van der Waals surface area contributed by atoms with Gasteiger partial charge in [0.05, 0.1) is 23.9 Å². The number of rotatable bonds is 6. The lowest BCUT2D eigenvalue weighted by Gasteiger charge is -2.13. The second kappa shape index (κ2) is 7.70. The number of ether oxygens (including phenoxy) is 1. The minimum Gasteiger partial charge on any atom is -0.865 e. The van der Waals surface area contributed by atoms with E-state index in [-0.39, 0.29) is 22.9 Å². The standard InChI is InChI=1S/C19H16N4O5/c1-3-8-22-14-7-5-4-6-13(14)17(19(22)25)21-20-11-12-9-15(23(26)27)18(24)16(10-12)28-2/h3-7,9-11,24H,1,8H2,2H3/p-1/b20-11-,21-17-. The average Bonchev–Trinajstić information content (AvgIpc) is 2.95. The maximum atomic E-state index is 12.6. The molecular weight excluding hydrogens is 364 g/mol. The van der Waals surface area contributed by atoms with Gasteiger partial charge in [0.1, 0.15) is 5.75 Å². The number of nitro groups is 1. The van der Waals surface area contributed by atoms with Crippen molar-refractivity contribution in [3.8, 4) is 11.5 Å². The van der Waals surface area contributed by atoms with Gasteiger partial charge in [-0.05, 0) is 12.1 Å². The fourth-order valence-corrected chi connectivity index (χ4v) is 2.79. The lowest BCUT2D eigenvalue weighted by molar-refractivity contribution is -0.398. The molecule has 0 radical (unpaired) electrons. The van der Waals surface area contributed by atoms with E-state index < -0.39 is 16.4 Å². The van der Waals surface area contributed by atoms with Crippen LogP contribution < -0.4 is 14.7 Å². The number of anilines is 1. The van der Waals surface area contributed by atoms with Crippen molar-refractivity contribution in [2.75, 3.05) is 18.6 Å². The van der Waals surface area contributed by atoms with Crippen LogP contribution in [0.3, 0.4) is 0 Å². The third-order valence-electron chi connectivity index (χ3n) is 4.05. The van der Waals surface area contributed by atoms with E-state index in [0.29, 0.717) is 17.8 Å². The van der Waals surface area contributed by atoms with Gasteiger partial charge in [0, 0.05) is 29.5 Å². The van der Waals surface area contributed by atoms with Gasteiger partial charge in [-0.2, -0.15) is 5.10 Å².